The largest absolute Gasteiger partial charge is 0.357 e. The number of anilines is 1. The van der Waals surface area contributed by atoms with Crippen molar-refractivity contribution < 1.29 is 4.79 Å². The molecule has 2 aromatic heterocycles. The molecule has 2 heterocycles. The first-order valence-corrected chi connectivity index (χ1v) is 12.6. The molecule has 2 aromatic carbocycles. The molecule has 4 aromatic rings. The summed E-state index contributed by atoms with van der Waals surface area (Å²) in [6.07, 6.45) is 5.71. The van der Waals surface area contributed by atoms with E-state index in [-0.39, 0.29) is 17.0 Å². The van der Waals surface area contributed by atoms with Crippen molar-refractivity contribution in [2.75, 3.05) is 5.32 Å². The summed E-state index contributed by atoms with van der Waals surface area (Å²) in [5.74, 6) is 0.120. The number of allylic oxidation sites excluding steroid dienone is 2. The van der Waals surface area contributed by atoms with Crippen molar-refractivity contribution in [3.63, 3.8) is 0 Å². The predicted octanol–water partition coefficient (Wildman–Crippen LogP) is 5.12. The molecule has 8 heteroatoms. The quantitative estimate of drug-likeness (QED) is 0.385. The first kappa shape index (κ1) is 24.1. The van der Waals surface area contributed by atoms with Crippen LogP contribution in [0.1, 0.15) is 30.4 Å². The highest BCUT2D eigenvalue weighted by atomic mass is 79.9. The van der Waals surface area contributed by atoms with Crippen molar-refractivity contribution >= 4 is 38.3 Å². The average molecular weight is 547 g/mol. The lowest BCUT2D eigenvalue weighted by Gasteiger charge is -2.21. The summed E-state index contributed by atoms with van der Waals surface area (Å²) in [4.78, 5) is 38.3. The van der Waals surface area contributed by atoms with E-state index in [0.29, 0.717) is 23.0 Å². The Bertz CT molecular complexity index is 1690. The van der Waals surface area contributed by atoms with E-state index in [1.165, 1.54) is 11.6 Å². The van der Waals surface area contributed by atoms with Gasteiger partial charge in [-0.05, 0) is 67.6 Å². The van der Waals surface area contributed by atoms with Crippen molar-refractivity contribution in [1.29, 1.82) is 0 Å². The number of nitrogens with zero attached hydrogens (tertiary/aromatic N) is 3. The van der Waals surface area contributed by atoms with Gasteiger partial charge in [-0.25, -0.2) is 4.79 Å². The van der Waals surface area contributed by atoms with Gasteiger partial charge in [-0.1, -0.05) is 28.1 Å². The van der Waals surface area contributed by atoms with Crippen LogP contribution in [0.5, 0.6) is 0 Å². The van der Waals surface area contributed by atoms with Gasteiger partial charge >= 0.3 is 5.69 Å². The molecule has 1 aliphatic carbocycles. The molecule has 0 saturated heterocycles. The number of rotatable bonds is 4. The van der Waals surface area contributed by atoms with Crippen LogP contribution in [0.4, 0.5) is 5.69 Å². The molecule has 184 valence electrons. The van der Waals surface area contributed by atoms with Gasteiger partial charge in [0.15, 0.2) is 5.78 Å². The van der Waals surface area contributed by atoms with Gasteiger partial charge in [-0.3, -0.25) is 18.7 Å². The molecule has 0 spiro atoms. The van der Waals surface area contributed by atoms with Crippen molar-refractivity contribution in [2.45, 2.75) is 33.1 Å². The van der Waals surface area contributed by atoms with Crippen LogP contribution in [0.25, 0.3) is 27.8 Å². The average Bonchev–Trinajstić information content (AvgIpc) is 3.24. The zero-order chi connectivity index (χ0) is 25.7. The zero-order valence-electron chi connectivity index (χ0n) is 20.7. The minimum absolute atomic E-state index is 0.120. The Morgan fingerprint density at radius 2 is 1.61 bits per heavy atom. The molecule has 0 radical (unpaired) electrons. The molecular weight excluding hydrogens is 520 g/mol. The highest BCUT2D eigenvalue weighted by Gasteiger charge is 2.22. The lowest BCUT2D eigenvalue weighted by Crippen LogP contribution is -2.36. The summed E-state index contributed by atoms with van der Waals surface area (Å²) in [7, 11) is 3.18. The van der Waals surface area contributed by atoms with E-state index in [4.69, 9.17) is 0 Å². The fraction of sp³-hybridized carbons (Fsp3) is 0.250. The zero-order valence-corrected chi connectivity index (χ0v) is 22.3. The van der Waals surface area contributed by atoms with Crippen LogP contribution in [-0.2, 0) is 18.9 Å². The maximum absolute atomic E-state index is 13.4. The van der Waals surface area contributed by atoms with Gasteiger partial charge < -0.3 is 9.88 Å². The fourth-order valence-electron chi connectivity index (χ4n) is 4.79. The van der Waals surface area contributed by atoms with Crippen LogP contribution in [0.15, 0.2) is 68.4 Å². The van der Waals surface area contributed by atoms with E-state index in [1.54, 1.807) is 13.1 Å². The first-order chi connectivity index (χ1) is 17.2. The second kappa shape index (κ2) is 9.09. The molecule has 1 N–H and O–H groups in total. The van der Waals surface area contributed by atoms with Gasteiger partial charge in [0.05, 0.1) is 28.0 Å². The van der Waals surface area contributed by atoms with Gasteiger partial charge in [0.25, 0.3) is 5.56 Å². The van der Waals surface area contributed by atoms with Crippen molar-refractivity contribution in [1.82, 2.24) is 13.7 Å². The maximum Gasteiger partial charge on any atom is 0.330 e. The number of halogens is 1. The monoisotopic (exact) mass is 546 g/mol. The van der Waals surface area contributed by atoms with Gasteiger partial charge in [0.1, 0.15) is 0 Å². The summed E-state index contributed by atoms with van der Waals surface area (Å²) >= 11 is 3.50. The number of hydrogen-bond acceptors (Lipinski definition) is 4. The van der Waals surface area contributed by atoms with E-state index in [9.17, 15) is 14.4 Å². The SMILES string of the molecule is Cc1cc(NC2=CC(=O)CCC2)c(-n2cc3c(c2-c2ccc(Br)cc2)c(=O)n(C)c(=O)n3C)cc1C. The Morgan fingerprint density at radius 1 is 0.917 bits per heavy atom. The number of fused-ring (bicyclic) bond motifs is 1. The Balaban J connectivity index is 1.86. The van der Waals surface area contributed by atoms with E-state index in [0.717, 1.165) is 55.6 Å². The summed E-state index contributed by atoms with van der Waals surface area (Å²) in [6, 6.07) is 11.9. The van der Waals surface area contributed by atoms with Crippen LogP contribution in [0.3, 0.4) is 0 Å². The third-order valence-electron chi connectivity index (χ3n) is 6.93. The van der Waals surface area contributed by atoms with Gasteiger partial charge in [-0.2, -0.15) is 0 Å². The summed E-state index contributed by atoms with van der Waals surface area (Å²) < 4.78 is 5.56. The number of hydrogen-bond donors (Lipinski definition) is 1. The number of carbonyl (C=O) groups excluding carboxylic acids is 1. The van der Waals surface area contributed by atoms with Crippen LogP contribution in [0.2, 0.25) is 0 Å². The Morgan fingerprint density at radius 3 is 2.31 bits per heavy atom. The van der Waals surface area contributed by atoms with Crippen LogP contribution >= 0.6 is 15.9 Å². The smallest absolute Gasteiger partial charge is 0.330 e. The minimum atomic E-state index is -0.378. The molecule has 36 heavy (non-hydrogen) atoms. The lowest BCUT2D eigenvalue weighted by molar-refractivity contribution is -0.115. The molecule has 0 unspecified atom stereocenters. The third kappa shape index (κ3) is 4.05. The van der Waals surface area contributed by atoms with E-state index in [2.05, 4.69) is 33.4 Å². The standard InChI is InChI=1S/C28H27BrN4O3/c1-16-12-22(30-20-6-5-7-21(34)14-20)23(13-17(16)2)33-15-24-25(27(35)32(4)28(36)31(24)3)26(33)18-8-10-19(29)11-9-18/h8-15,30H,5-7H2,1-4H3. The third-order valence-corrected chi connectivity index (χ3v) is 7.46. The summed E-state index contributed by atoms with van der Waals surface area (Å²) in [6.45, 7) is 4.09. The summed E-state index contributed by atoms with van der Waals surface area (Å²) in [5, 5.41) is 3.96. The van der Waals surface area contributed by atoms with Crippen LogP contribution in [-0.4, -0.2) is 19.5 Å². The van der Waals surface area contributed by atoms with Crippen LogP contribution < -0.4 is 16.6 Å². The second-order valence-corrected chi connectivity index (χ2v) is 10.3. The molecule has 5 rings (SSSR count). The minimum Gasteiger partial charge on any atom is -0.357 e. The second-order valence-electron chi connectivity index (χ2n) is 9.39. The molecule has 0 aliphatic heterocycles. The number of nitrogens with one attached hydrogen (secondary N) is 1. The lowest BCUT2D eigenvalue weighted by atomic mass is 10.0. The highest BCUT2D eigenvalue weighted by Crippen LogP contribution is 2.36. The molecule has 1 aliphatic rings. The molecule has 0 amide bonds. The number of benzene rings is 2. The molecular formula is C28H27BrN4O3. The molecule has 0 atom stereocenters. The van der Waals surface area contributed by atoms with E-state index in [1.807, 2.05) is 48.9 Å². The topological polar surface area (TPSA) is 78.0 Å². The van der Waals surface area contributed by atoms with Crippen molar-refractivity contribution in [2.24, 2.45) is 14.1 Å². The van der Waals surface area contributed by atoms with E-state index >= 15 is 0 Å². The van der Waals surface area contributed by atoms with Crippen molar-refractivity contribution in [3.8, 4) is 16.9 Å². The van der Waals surface area contributed by atoms with Crippen molar-refractivity contribution in [3.05, 3.63) is 90.8 Å². The fourth-order valence-corrected chi connectivity index (χ4v) is 5.05. The number of aryl methyl sites for hydroxylation is 3. The van der Waals surface area contributed by atoms with Gasteiger partial charge in [0.2, 0.25) is 0 Å². The Kier molecular flexibility index (Phi) is 6.08. The van der Waals surface area contributed by atoms with Gasteiger partial charge in [-0.15, -0.1) is 0 Å². The number of aromatic nitrogens is 3. The highest BCUT2D eigenvalue weighted by molar-refractivity contribution is 9.10. The van der Waals surface area contributed by atoms with Gasteiger partial charge in [0, 0.05) is 43.0 Å². The van der Waals surface area contributed by atoms with E-state index < -0.39 is 0 Å². The predicted molar refractivity (Wildman–Crippen MR) is 147 cm³/mol. The maximum atomic E-state index is 13.4. The summed E-state index contributed by atoms with van der Waals surface area (Å²) in [5.41, 5.74) is 6.12. The Labute approximate surface area is 216 Å². The molecule has 0 bridgehead atoms. The van der Waals surface area contributed by atoms with Crippen LogP contribution in [0, 0.1) is 13.8 Å². The Hall–Kier alpha value is -3.65. The molecule has 0 saturated carbocycles. The molecule has 0 fully saturated rings. The first-order valence-electron chi connectivity index (χ1n) is 11.8. The molecule has 7 nitrogen and oxygen atoms in total. The number of carbonyl (C=O) groups is 1. The number of ketones is 1. The normalized spacial score (nSPS) is 13.8.